The summed E-state index contributed by atoms with van der Waals surface area (Å²) >= 11 is 1.26. The van der Waals surface area contributed by atoms with Gasteiger partial charge in [-0.3, -0.25) is 10.1 Å². The van der Waals surface area contributed by atoms with E-state index in [0.29, 0.717) is 17.1 Å². The minimum atomic E-state index is -0.316. The average molecular weight is 277 g/mol. The highest BCUT2D eigenvalue weighted by atomic mass is 32.1. The fourth-order valence-electron chi connectivity index (χ4n) is 1.24. The van der Waals surface area contributed by atoms with Crippen LogP contribution in [0.15, 0.2) is 16.7 Å². The highest BCUT2D eigenvalue weighted by Gasteiger charge is 2.12. The van der Waals surface area contributed by atoms with Crippen molar-refractivity contribution in [1.82, 2.24) is 10.1 Å². The Kier molecular flexibility index (Phi) is 4.28. The number of amides is 1. The van der Waals surface area contributed by atoms with Gasteiger partial charge < -0.3 is 9.63 Å². The molecule has 1 amide bonds. The molecule has 0 saturated heterocycles. The monoisotopic (exact) mass is 277 g/mol. The van der Waals surface area contributed by atoms with Crippen molar-refractivity contribution in [3.8, 4) is 11.8 Å². The second-order valence-electron chi connectivity index (χ2n) is 3.54. The Labute approximate surface area is 113 Å². The second kappa shape index (κ2) is 6.13. The van der Waals surface area contributed by atoms with Crippen molar-refractivity contribution in [2.75, 3.05) is 11.9 Å². The molecule has 98 valence electrons. The normalized spacial score (nSPS) is 9.79. The van der Waals surface area contributed by atoms with Crippen molar-refractivity contribution in [2.24, 2.45) is 0 Å². The van der Waals surface area contributed by atoms with Gasteiger partial charge in [-0.15, -0.1) is 11.3 Å². The highest BCUT2D eigenvalue weighted by molar-refractivity contribution is 7.14. The molecule has 0 radical (unpaired) electrons. The number of hydrogen-bond acceptors (Lipinski definition) is 6. The summed E-state index contributed by atoms with van der Waals surface area (Å²) in [6.45, 7) is 1.70. The molecule has 7 heteroatoms. The SMILES string of the molecule is Cc1noc(NC(=O)c2ccc(C#CCCO)s2)n1. The van der Waals surface area contributed by atoms with Gasteiger partial charge in [0.15, 0.2) is 5.82 Å². The number of carbonyl (C=O) groups excluding carboxylic acids is 1. The minimum absolute atomic E-state index is 0.0300. The third-order valence-corrected chi connectivity index (χ3v) is 3.03. The van der Waals surface area contributed by atoms with Gasteiger partial charge in [0.25, 0.3) is 5.91 Å². The summed E-state index contributed by atoms with van der Waals surface area (Å²) < 4.78 is 4.80. The summed E-state index contributed by atoms with van der Waals surface area (Å²) in [5, 5.41) is 14.7. The number of aliphatic hydroxyl groups is 1. The predicted octanol–water partition coefficient (Wildman–Crippen LogP) is 1.43. The third-order valence-electron chi connectivity index (χ3n) is 2.03. The number of rotatable bonds is 3. The Morgan fingerprint density at radius 2 is 2.42 bits per heavy atom. The van der Waals surface area contributed by atoms with E-state index in [-0.39, 0.29) is 18.5 Å². The van der Waals surface area contributed by atoms with E-state index in [2.05, 4.69) is 27.3 Å². The molecule has 0 aliphatic carbocycles. The number of aryl methyl sites for hydroxylation is 1. The molecule has 0 fully saturated rings. The average Bonchev–Trinajstić information content (AvgIpc) is 2.99. The van der Waals surface area contributed by atoms with Gasteiger partial charge >= 0.3 is 6.01 Å². The van der Waals surface area contributed by atoms with Crippen LogP contribution in [0.25, 0.3) is 0 Å². The molecule has 0 bridgehead atoms. The zero-order chi connectivity index (χ0) is 13.7. The molecule has 2 aromatic rings. The molecule has 0 spiro atoms. The van der Waals surface area contributed by atoms with Crippen LogP contribution in [0.3, 0.4) is 0 Å². The number of nitrogens with zero attached hydrogens (tertiary/aromatic N) is 2. The Morgan fingerprint density at radius 3 is 3.11 bits per heavy atom. The van der Waals surface area contributed by atoms with Crippen molar-refractivity contribution in [3.63, 3.8) is 0 Å². The smallest absolute Gasteiger partial charge is 0.328 e. The lowest BCUT2D eigenvalue weighted by molar-refractivity contribution is 0.102. The van der Waals surface area contributed by atoms with Gasteiger partial charge in [-0.05, 0) is 19.1 Å². The van der Waals surface area contributed by atoms with Crippen molar-refractivity contribution < 1.29 is 14.4 Å². The molecule has 2 aromatic heterocycles. The number of thiophene rings is 1. The van der Waals surface area contributed by atoms with E-state index in [1.807, 2.05) is 0 Å². The van der Waals surface area contributed by atoms with Crippen molar-refractivity contribution in [1.29, 1.82) is 0 Å². The second-order valence-corrected chi connectivity index (χ2v) is 4.62. The van der Waals surface area contributed by atoms with Gasteiger partial charge in [0.1, 0.15) is 0 Å². The van der Waals surface area contributed by atoms with Gasteiger partial charge in [-0.1, -0.05) is 17.0 Å². The van der Waals surface area contributed by atoms with Crippen LogP contribution in [0, 0.1) is 18.8 Å². The maximum atomic E-state index is 11.8. The van der Waals surface area contributed by atoms with Crippen LogP contribution >= 0.6 is 11.3 Å². The molecule has 0 atom stereocenters. The zero-order valence-corrected chi connectivity index (χ0v) is 11.0. The van der Waals surface area contributed by atoms with Crippen LogP contribution < -0.4 is 5.32 Å². The van der Waals surface area contributed by atoms with Gasteiger partial charge in [-0.2, -0.15) is 4.98 Å². The molecule has 0 aliphatic rings. The Hall–Kier alpha value is -2.17. The number of aliphatic hydroxyl groups excluding tert-OH is 1. The quantitative estimate of drug-likeness (QED) is 0.828. The zero-order valence-electron chi connectivity index (χ0n) is 10.1. The summed E-state index contributed by atoms with van der Waals surface area (Å²) in [7, 11) is 0. The lowest BCUT2D eigenvalue weighted by Crippen LogP contribution is -2.10. The molecular formula is C12H11N3O3S. The maximum Gasteiger partial charge on any atom is 0.328 e. The largest absolute Gasteiger partial charge is 0.395 e. The fourth-order valence-corrected chi connectivity index (χ4v) is 2.02. The Bertz CT molecular complexity index is 636. The fraction of sp³-hybridized carbons (Fsp3) is 0.250. The van der Waals surface area contributed by atoms with E-state index in [1.54, 1.807) is 19.1 Å². The number of anilines is 1. The summed E-state index contributed by atoms with van der Waals surface area (Å²) in [5.41, 5.74) is 0. The van der Waals surface area contributed by atoms with Gasteiger partial charge in [0.05, 0.1) is 16.4 Å². The predicted molar refractivity (Wildman–Crippen MR) is 69.9 cm³/mol. The maximum absolute atomic E-state index is 11.8. The van der Waals surface area contributed by atoms with E-state index in [0.717, 1.165) is 4.88 Å². The molecule has 2 heterocycles. The number of carbonyl (C=O) groups is 1. The first kappa shape index (κ1) is 13.3. The molecule has 2 rings (SSSR count). The van der Waals surface area contributed by atoms with E-state index >= 15 is 0 Å². The van der Waals surface area contributed by atoms with E-state index in [1.165, 1.54) is 11.3 Å². The van der Waals surface area contributed by atoms with Crippen LogP contribution in [0.1, 0.15) is 26.8 Å². The Morgan fingerprint density at radius 1 is 1.58 bits per heavy atom. The molecule has 19 heavy (non-hydrogen) atoms. The summed E-state index contributed by atoms with van der Waals surface area (Å²) in [6.07, 6.45) is 0.417. The lowest BCUT2D eigenvalue weighted by atomic mass is 10.4. The van der Waals surface area contributed by atoms with Crippen LogP contribution in [0.2, 0.25) is 0 Å². The Balaban J connectivity index is 2.02. The summed E-state index contributed by atoms with van der Waals surface area (Å²) in [5.74, 6) is 5.80. The van der Waals surface area contributed by atoms with Gasteiger partial charge in [0.2, 0.25) is 0 Å². The number of hydrogen-bond donors (Lipinski definition) is 2. The van der Waals surface area contributed by atoms with E-state index < -0.39 is 0 Å². The van der Waals surface area contributed by atoms with Crippen LogP contribution in [-0.4, -0.2) is 27.8 Å². The summed E-state index contributed by atoms with van der Waals surface area (Å²) in [4.78, 5) is 17.0. The number of nitrogens with one attached hydrogen (secondary N) is 1. The van der Waals surface area contributed by atoms with Crippen LogP contribution in [-0.2, 0) is 0 Å². The number of aromatic nitrogens is 2. The minimum Gasteiger partial charge on any atom is -0.395 e. The lowest BCUT2D eigenvalue weighted by Gasteiger charge is -1.94. The van der Waals surface area contributed by atoms with Crippen LogP contribution in [0.5, 0.6) is 0 Å². The van der Waals surface area contributed by atoms with E-state index in [4.69, 9.17) is 9.63 Å². The first-order valence-electron chi connectivity index (χ1n) is 5.50. The first-order chi connectivity index (χ1) is 9.19. The standard InChI is InChI=1S/C12H11N3O3S/c1-8-13-12(18-15-8)14-11(17)10-6-5-9(19-10)4-2-3-7-16/h5-6,16H,3,7H2,1H3,(H,13,14,15,17). The highest BCUT2D eigenvalue weighted by Crippen LogP contribution is 2.17. The van der Waals surface area contributed by atoms with E-state index in [9.17, 15) is 4.79 Å². The molecule has 0 aromatic carbocycles. The molecule has 0 unspecified atom stereocenters. The van der Waals surface area contributed by atoms with Crippen LogP contribution in [0.4, 0.5) is 6.01 Å². The molecule has 6 nitrogen and oxygen atoms in total. The van der Waals surface area contributed by atoms with Crippen molar-refractivity contribution in [3.05, 3.63) is 27.7 Å². The van der Waals surface area contributed by atoms with Gasteiger partial charge in [0, 0.05) is 6.42 Å². The summed E-state index contributed by atoms with van der Waals surface area (Å²) in [6, 6.07) is 3.50. The molecule has 0 aliphatic heterocycles. The molecule has 0 saturated carbocycles. The third kappa shape index (κ3) is 3.64. The van der Waals surface area contributed by atoms with Crippen molar-refractivity contribution in [2.45, 2.75) is 13.3 Å². The first-order valence-corrected chi connectivity index (χ1v) is 6.32. The molecule has 2 N–H and O–H groups in total. The van der Waals surface area contributed by atoms with Crippen molar-refractivity contribution >= 4 is 23.3 Å². The topological polar surface area (TPSA) is 88.2 Å². The molecular weight excluding hydrogens is 266 g/mol. The van der Waals surface area contributed by atoms with Gasteiger partial charge in [-0.25, -0.2) is 0 Å².